The van der Waals surface area contributed by atoms with Gasteiger partial charge in [0.15, 0.2) is 0 Å². The summed E-state index contributed by atoms with van der Waals surface area (Å²) in [7, 11) is 3.19. The fraction of sp³-hybridized carbons (Fsp3) is 0.344. The summed E-state index contributed by atoms with van der Waals surface area (Å²) in [4.78, 5) is 42.5. The average molecular weight is 529 g/mol. The Balaban J connectivity index is 1.90. The third-order valence-electron chi connectivity index (χ3n) is 7.41. The molecule has 206 valence electrons. The quantitative estimate of drug-likeness (QED) is 0.348. The Kier molecular flexibility index (Phi) is 10.0. The van der Waals surface area contributed by atoms with E-state index in [0.717, 1.165) is 28.3 Å². The molecule has 0 bridgehead atoms. The zero-order valence-electron chi connectivity index (χ0n) is 23.3. The summed E-state index contributed by atoms with van der Waals surface area (Å²) < 4.78 is 0. The Labute approximate surface area is 231 Å². The second-order valence-corrected chi connectivity index (χ2v) is 10.5. The van der Waals surface area contributed by atoms with E-state index in [1.165, 1.54) is 15.9 Å². The second-order valence-electron chi connectivity index (χ2n) is 10.5. The SMILES string of the molecule is CCC(C)(N)C/C=C/C(=O)N(C)[C@H](Cc1ccc2ccccc2c1)C(=O)N(C)[C@H](Cc1ccccc1)C(N)=O. The Morgan fingerprint density at radius 1 is 0.846 bits per heavy atom. The number of benzene rings is 3. The average Bonchev–Trinajstić information content (AvgIpc) is 2.93. The molecule has 0 saturated carbocycles. The molecular weight excluding hydrogens is 488 g/mol. The molecule has 0 aliphatic heterocycles. The molecule has 0 saturated heterocycles. The first kappa shape index (κ1) is 29.6. The maximum Gasteiger partial charge on any atom is 0.246 e. The van der Waals surface area contributed by atoms with Gasteiger partial charge in [-0.25, -0.2) is 0 Å². The van der Waals surface area contributed by atoms with E-state index >= 15 is 0 Å². The highest BCUT2D eigenvalue weighted by Gasteiger charge is 2.34. The van der Waals surface area contributed by atoms with E-state index in [9.17, 15) is 14.4 Å². The zero-order valence-corrected chi connectivity index (χ0v) is 23.3. The highest BCUT2D eigenvalue weighted by atomic mass is 16.2. The van der Waals surface area contributed by atoms with Gasteiger partial charge in [-0.1, -0.05) is 85.8 Å². The Morgan fingerprint density at radius 2 is 1.46 bits per heavy atom. The van der Waals surface area contributed by atoms with Gasteiger partial charge in [-0.05, 0) is 47.7 Å². The molecule has 0 fully saturated rings. The minimum absolute atomic E-state index is 0.282. The molecular formula is C32H40N4O3. The molecule has 4 N–H and O–H groups in total. The Morgan fingerprint density at radius 3 is 2.10 bits per heavy atom. The number of rotatable bonds is 12. The van der Waals surface area contributed by atoms with E-state index in [-0.39, 0.29) is 24.7 Å². The van der Waals surface area contributed by atoms with Gasteiger partial charge < -0.3 is 21.3 Å². The predicted octanol–water partition coefficient (Wildman–Crippen LogP) is 3.84. The molecule has 0 aromatic heterocycles. The standard InChI is InChI=1S/C32H40N4O3/c1-5-32(2,34)19-11-16-29(37)35(3)28(22-24-17-18-25-14-9-10-15-26(25)20-24)31(39)36(4)27(30(33)38)21-23-12-7-6-8-13-23/h6-18,20,27-28H,5,19,21-22,34H2,1-4H3,(H2,33,38)/b16-11+/t27-,28-,32?/m1/s1. The number of hydrogen-bond donors (Lipinski definition) is 2. The summed E-state index contributed by atoms with van der Waals surface area (Å²) in [5.74, 6) is -1.27. The van der Waals surface area contributed by atoms with Crippen LogP contribution in [0, 0.1) is 0 Å². The maximum atomic E-state index is 14.0. The second kappa shape index (κ2) is 13.2. The molecule has 7 nitrogen and oxygen atoms in total. The van der Waals surface area contributed by atoms with Crippen molar-refractivity contribution in [1.29, 1.82) is 0 Å². The van der Waals surface area contributed by atoms with Gasteiger partial charge in [0.25, 0.3) is 0 Å². The van der Waals surface area contributed by atoms with Gasteiger partial charge >= 0.3 is 0 Å². The molecule has 1 unspecified atom stereocenters. The largest absolute Gasteiger partial charge is 0.368 e. The first-order valence-electron chi connectivity index (χ1n) is 13.3. The van der Waals surface area contributed by atoms with Crippen LogP contribution in [0.25, 0.3) is 10.8 Å². The molecule has 0 aliphatic carbocycles. The number of carbonyl (C=O) groups excluding carboxylic acids is 3. The van der Waals surface area contributed by atoms with Crippen molar-refractivity contribution >= 4 is 28.5 Å². The minimum Gasteiger partial charge on any atom is -0.368 e. The maximum absolute atomic E-state index is 14.0. The fourth-order valence-electron chi connectivity index (χ4n) is 4.48. The van der Waals surface area contributed by atoms with Gasteiger partial charge in [0.2, 0.25) is 17.7 Å². The molecule has 0 radical (unpaired) electrons. The van der Waals surface area contributed by atoms with Gasteiger partial charge in [-0.2, -0.15) is 0 Å². The zero-order chi connectivity index (χ0) is 28.6. The molecule has 0 heterocycles. The molecule has 3 amide bonds. The summed E-state index contributed by atoms with van der Waals surface area (Å²) in [5, 5.41) is 2.13. The van der Waals surface area contributed by atoms with Crippen LogP contribution in [0.15, 0.2) is 84.9 Å². The van der Waals surface area contributed by atoms with Gasteiger partial charge in [-0.3, -0.25) is 14.4 Å². The summed E-state index contributed by atoms with van der Waals surface area (Å²) in [6.45, 7) is 3.93. The number of hydrogen-bond acceptors (Lipinski definition) is 4. The van der Waals surface area contributed by atoms with Crippen molar-refractivity contribution in [2.45, 2.75) is 57.2 Å². The van der Waals surface area contributed by atoms with Crippen LogP contribution in [0.1, 0.15) is 37.8 Å². The lowest BCUT2D eigenvalue weighted by atomic mass is 9.96. The highest BCUT2D eigenvalue weighted by Crippen LogP contribution is 2.20. The van der Waals surface area contributed by atoms with Crippen LogP contribution in [-0.2, 0) is 27.2 Å². The van der Waals surface area contributed by atoms with Crippen molar-refractivity contribution in [1.82, 2.24) is 9.80 Å². The Hall–Kier alpha value is -3.97. The summed E-state index contributed by atoms with van der Waals surface area (Å²) in [6.07, 6.45) is 5.09. The molecule has 7 heteroatoms. The molecule has 3 atom stereocenters. The molecule has 3 aromatic rings. The lowest BCUT2D eigenvalue weighted by Gasteiger charge is -2.33. The van der Waals surface area contributed by atoms with Crippen molar-refractivity contribution in [2.24, 2.45) is 11.5 Å². The van der Waals surface area contributed by atoms with Crippen LogP contribution < -0.4 is 11.5 Å². The van der Waals surface area contributed by atoms with E-state index in [4.69, 9.17) is 11.5 Å². The van der Waals surface area contributed by atoms with E-state index in [1.54, 1.807) is 20.2 Å². The lowest BCUT2D eigenvalue weighted by molar-refractivity contribution is -0.145. The van der Waals surface area contributed by atoms with Crippen LogP contribution in [0.2, 0.25) is 0 Å². The van der Waals surface area contributed by atoms with Gasteiger partial charge in [0, 0.05) is 32.5 Å². The predicted molar refractivity (Wildman–Crippen MR) is 157 cm³/mol. The molecule has 39 heavy (non-hydrogen) atoms. The minimum atomic E-state index is -0.861. The number of primary amides is 1. The summed E-state index contributed by atoms with van der Waals surface area (Å²) >= 11 is 0. The molecule has 3 aromatic carbocycles. The van der Waals surface area contributed by atoms with Gasteiger partial charge in [0.05, 0.1) is 0 Å². The van der Waals surface area contributed by atoms with Crippen LogP contribution in [-0.4, -0.2) is 59.2 Å². The van der Waals surface area contributed by atoms with E-state index in [0.29, 0.717) is 6.42 Å². The molecule has 0 aliphatic rings. The topological polar surface area (TPSA) is 110 Å². The summed E-state index contributed by atoms with van der Waals surface area (Å²) in [5.41, 5.74) is 13.4. The molecule has 3 rings (SSSR count). The fourth-order valence-corrected chi connectivity index (χ4v) is 4.48. The van der Waals surface area contributed by atoms with E-state index in [1.807, 2.05) is 86.6 Å². The molecule has 0 spiro atoms. The number of likely N-dealkylation sites (N-methyl/N-ethyl adjacent to an activating group) is 2. The Bertz CT molecular complexity index is 1320. The number of nitrogens with two attached hydrogens (primary N) is 2. The number of amides is 3. The number of nitrogens with zero attached hydrogens (tertiary/aromatic N) is 2. The van der Waals surface area contributed by atoms with Gasteiger partial charge in [-0.15, -0.1) is 0 Å². The third-order valence-corrected chi connectivity index (χ3v) is 7.41. The van der Waals surface area contributed by atoms with Crippen LogP contribution >= 0.6 is 0 Å². The number of fused-ring (bicyclic) bond motifs is 1. The van der Waals surface area contributed by atoms with Crippen LogP contribution in [0.4, 0.5) is 0 Å². The third kappa shape index (κ3) is 8.01. The highest BCUT2D eigenvalue weighted by molar-refractivity contribution is 5.95. The monoisotopic (exact) mass is 528 g/mol. The van der Waals surface area contributed by atoms with E-state index in [2.05, 4.69) is 0 Å². The van der Waals surface area contributed by atoms with Crippen LogP contribution in [0.5, 0.6) is 0 Å². The van der Waals surface area contributed by atoms with Crippen molar-refractivity contribution in [3.05, 3.63) is 96.1 Å². The summed E-state index contributed by atoms with van der Waals surface area (Å²) in [6, 6.07) is 21.7. The van der Waals surface area contributed by atoms with Crippen molar-refractivity contribution < 1.29 is 14.4 Å². The van der Waals surface area contributed by atoms with Crippen molar-refractivity contribution in [3.8, 4) is 0 Å². The van der Waals surface area contributed by atoms with E-state index < -0.39 is 23.5 Å². The first-order valence-corrected chi connectivity index (χ1v) is 13.3. The van der Waals surface area contributed by atoms with Crippen molar-refractivity contribution in [2.75, 3.05) is 14.1 Å². The smallest absolute Gasteiger partial charge is 0.246 e. The van der Waals surface area contributed by atoms with Crippen molar-refractivity contribution in [3.63, 3.8) is 0 Å². The first-order chi connectivity index (χ1) is 18.5. The normalized spacial score (nSPS) is 14.5. The lowest BCUT2D eigenvalue weighted by Crippen LogP contribution is -2.55. The van der Waals surface area contributed by atoms with Crippen LogP contribution in [0.3, 0.4) is 0 Å². The van der Waals surface area contributed by atoms with Gasteiger partial charge in [0.1, 0.15) is 12.1 Å². The number of carbonyl (C=O) groups is 3.